The number of ether oxygens (including phenoxy) is 1. The van der Waals surface area contributed by atoms with Gasteiger partial charge in [-0.25, -0.2) is 0 Å². The van der Waals surface area contributed by atoms with Crippen molar-refractivity contribution in [3.63, 3.8) is 0 Å². The van der Waals surface area contributed by atoms with E-state index in [1.807, 2.05) is 12.2 Å². The Morgan fingerprint density at radius 2 is 1.93 bits per heavy atom. The van der Waals surface area contributed by atoms with Gasteiger partial charge in [-0.3, -0.25) is 0 Å². The molecule has 0 aromatic carbocycles. The van der Waals surface area contributed by atoms with E-state index in [2.05, 4.69) is 18.5 Å². The van der Waals surface area contributed by atoms with Gasteiger partial charge in [-0.15, -0.1) is 0 Å². The molecule has 0 aromatic rings. The minimum atomic E-state index is -0.0746. The van der Waals surface area contributed by atoms with Gasteiger partial charge in [0.25, 0.3) is 0 Å². The minimum Gasteiger partial charge on any atom is -0.370 e. The van der Waals surface area contributed by atoms with Crippen LogP contribution in [-0.4, -0.2) is 25.3 Å². The zero-order valence-corrected chi connectivity index (χ0v) is 9.22. The summed E-state index contributed by atoms with van der Waals surface area (Å²) in [4.78, 5) is 0. The van der Waals surface area contributed by atoms with Gasteiger partial charge in [0.2, 0.25) is 0 Å². The van der Waals surface area contributed by atoms with E-state index >= 15 is 0 Å². The Hall–Kier alpha value is -0.860. The number of piperidine rings is 1. The maximum atomic E-state index is 6.03. The van der Waals surface area contributed by atoms with Crippen LogP contribution in [0.3, 0.4) is 0 Å². The quantitative estimate of drug-likeness (QED) is 0.746. The molecule has 0 radical (unpaired) electrons. The second-order valence-corrected chi connectivity index (χ2v) is 4.19. The van der Waals surface area contributed by atoms with Crippen molar-refractivity contribution in [3.05, 3.63) is 36.5 Å². The standard InChI is InChI=1S/C13H19NO/c1-3-11-5-10-15-13(12(11)4-2)6-8-14-9-7-13/h3-4,14H,1-2,5-10H2. The summed E-state index contributed by atoms with van der Waals surface area (Å²) in [5.74, 6) is 0. The summed E-state index contributed by atoms with van der Waals surface area (Å²) in [6, 6.07) is 0. The molecular formula is C13H19NO. The minimum absolute atomic E-state index is 0.0746. The van der Waals surface area contributed by atoms with Crippen molar-refractivity contribution in [1.82, 2.24) is 5.32 Å². The maximum absolute atomic E-state index is 6.03. The van der Waals surface area contributed by atoms with Gasteiger partial charge in [-0.1, -0.05) is 25.3 Å². The normalized spacial score (nSPS) is 25.3. The molecule has 2 aliphatic heterocycles. The highest BCUT2D eigenvalue weighted by Crippen LogP contribution is 2.38. The molecule has 2 nitrogen and oxygen atoms in total. The van der Waals surface area contributed by atoms with Gasteiger partial charge in [0.05, 0.1) is 12.2 Å². The van der Waals surface area contributed by atoms with Crippen molar-refractivity contribution in [2.75, 3.05) is 19.7 Å². The van der Waals surface area contributed by atoms with Crippen LogP contribution >= 0.6 is 0 Å². The summed E-state index contributed by atoms with van der Waals surface area (Å²) in [7, 11) is 0. The predicted molar refractivity (Wildman–Crippen MR) is 62.8 cm³/mol. The Morgan fingerprint density at radius 3 is 2.53 bits per heavy atom. The lowest BCUT2D eigenvalue weighted by Gasteiger charge is -2.42. The predicted octanol–water partition coefficient (Wildman–Crippen LogP) is 2.20. The molecule has 2 heterocycles. The van der Waals surface area contributed by atoms with Crippen molar-refractivity contribution in [3.8, 4) is 0 Å². The monoisotopic (exact) mass is 205 g/mol. The van der Waals surface area contributed by atoms with Gasteiger partial charge in [0, 0.05) is 0 Å². The molecule has 82 valence electrons. The average molecular weight is 205 g/mol. The third-order valence-corrected chi connectivity index (χ3v) is 3.45. The summed E-state index contributed by atoms with van der Waals surface area (Å²) in [5, 5.41) is 3.37. The van der Waals surface area contributed by atoms with E-state index < -0.39 is 0 Å². The molecule has 1 N–H and O–H groups in total. The zero-order chi connectivity index (χ0) is 10.7. The molecule has 0 amide bonds. The summed E-state index contributed by atoms with van der Waals surface area (Å²) in [6.45, 7) is 10.7. The van der Waals surface area contributed by atoms with Crippen LogP contribution in [0.1, 0.15) is 19.3 Å². The topological polar surface area (TPSA) is 21.3 Å². The molecule has 15 heavy (non-hydrogen) atoms. The van der Waals surface area contributed by atoms with Gasteiger partial charge in [0.15, 0.2) is 0 Å². The third kappa shape index (κ3) is 1.80. The van der Waals surface area contributed by atoms with Crippen molar-refractivity contribution in [1.29, 1.82) is 0 Å². The highest BCUT2D eigenvalue weighted by Gasteiger charge is 2.38. The van der Waals surface area contributed by atoms with E-state index in [0.29, 0.717) is 0 Å². The molecule has 2 heteroatoms. The van der Waals surface area contributed by atoms with E-state index in [1.54, 1.807) is 0 Å². The Balaban J connectivity index is 2.36. The van der Waals surface area contributed by atoms with Crippen LogP contribution in [0.25, 0.3) is 0 Å². The smallest absolute Gasteiger partial charge is 0.0958 e. The van der Waals surface area contributed by atoms with Gasteiger partial charge in [-0.2, -0.15) is 0 Å². The molecule has 0 bridgehead atoms. The molecule has 2 rings (SSSR count). The first kappa shape index (κ1) is 10.7. The van der Waals surface area contributed by atoms with Crippen molar-refractivity contribution in [2.24, 2.45) is 0 Å². The fraction of sp³-hybridized carbons (Fsp3) is 0.538. The maximum Gasteiger partial charge on any atom is 0.0958 e. The van der Waals surface area contributed by atoms with Crippen LogP contribution in [0, 0.1) is 0 Å². The first-order chi connectivity index (χ1) is 7.32. The van der Waals surface area contributed by atoms with Crippen molar-refractivity contribution >= 4 is 0 Å². The number of hydrogen-bond donors (Lipinski definition) is 1. The van der Waals surface area contributed by atoms with E-state index in [-0.39, 0.29) is 5.60 Å². The number of nitrogens with one attached hydrogen (secondary N) is 1. The fourth-order valence-corrected chi connectivity index (χ4v) is 2.63. The third-order valence-electron chi connectivity index (χ3n) is 3.45. The largest absolute Gasteiger partial charge is 0.370 e. The van der Waals surface area contributed by atoms with E-state index in [4.69, 9.17) is 4.74 Å². The molecule has 1 saturated heterocycles. The molecule has 0 aliphatic carbocycles. The summed E-state index contributed by atoms with van der Waals surface area (Å²) >= 11 is 0. The van der Waals surface area contributed by atoms with E-state index in [0.717, 1.165) is 39.0 Å². The van der Waals surface area contributed by atoms with Crippen LogP contribution in [0.5, 0.6) is 0 Å². The van der Waals surface area contributed by atoms with Crippen LogP contribution in [0.4, 0.5) is 0 Å². The second kappa shape index (κ2) is 4.33. The molecule has 0 aromatic heterocycles. The second-order valence-electron chi connectivity index (χ2n) is 4.19. The SMILES string of the molecule is C=CC1=C(C=C)C2(CCNCC2)OCC1. The molecule has 2 aliphatic rings. The first-order valence-electron chi connectivity index (χ1n) is 5.65. The number of allylic oxidation sites excluding steroid dienone is 1. The Kier molecular flexibility index (Phi) is 3.08. The van der Waals surface area contributed by atoms with Crippen LogP contribution in [-0.2, 0) is 4.74 Å². The van der Waals surface area contributed by atoms with Gasteiger partial charge < -0.3 is 10.1 Å². The van der Waals surface area contributed by atoms with E-state index in [9.17, 15) is 0 Å². The molecule has 1 spiro atoms. The Morgan fingerprint density at radius 1 is 1.20 bits per heavy atom. The Labute approximate surface area is 91.7 Å². The summed E-state index contributed by atoms with van der Waals surface area (Å²) in [5.41, 5.74) is 2.51. The van der Waals surface area contributed by atoms with Crippen LogP contribution in [0.15, 0.2) is 36.5 Å². The molecule has 0 unspecified atom stereocenters. The summed E-state index contributed by atoms with van der Waals surface area (Å²) in [6.07, 6.45) is 6.99. The lowest BCUT2D eigenvalue weighted by atomic mass is 9.79. The zero-order valence-electron chi connectivity index (χ0n) is 9.22. The van der Waals surface area contributed by atoms with Gasteiger partial charge in [-0.05, 0) is 43.5 Å². The lowest BCUT2D eigenvalue weighted by molar-refractivity contribution is -0.0428. The number of rotatable bonds is 2. The highest BCUT2D eigenvalue weighted by molar-refractivity contribution is 5.40. The van der Waals surface area contributed by atoms with Gasteiger partial charge >= 0.3 is 0 Å². The fourth-order valence-electron chi connectivity index (χ4n) is 2.63. The number of hydrogen-bond acceptors (Lipinski definition) is 2. The molecule has 0 atom stereocenters. The van der Waals surface area contributed by atoms with E-state index in [1.165, 1.54) is 11.1 Å². The van der Waals surface area contributed by atoms with Crippen LogP contribution < -0.4 is 5.32 Å². The lowest BCUT2D eigenvalue weighted by Crippen LogP contribution is -2.47. The average Bonchev–Trinajstić information content (AvgIpc) is 2.29. The van der Waals surface area contributed by atoms with Crippen molar-refractivity contribution in [2.45, 2.75) is 24.9 Å². The molecular weight excluding hydrogens is 186 g/mol. The van der Waals surface area contributed by atoms with Crippen molar-refractivity contribution < 1.29 is 4.74 Å². The Bertz CT molecular complexity index is 298. The van der Waals surface area contributed by atoms with Gasteiger partial charge in [0.1, 0.15) is 0 Å². The van der Waals surface area contributed by atoms with Crippen LogP contribution in [0.2, 0.25) is 0 Å². The highest BCUT2D eigenvalue weighted by atomic mass is 16.5. The molecule has 1 fully saturated rings. The molecule has 0 saturated carbocycles. The first-order valence-corrected chi connectivity index (χ1v) is 5.65. The summed E-state index contributed by atoms with van der Waals surface area (Å²) < 4.78 is 6.03.